The van der Waals surface area contributed by atoms with Crippen molar-refractivity contribution in [3.05, 3.63) is 27.2 Å². The molecular formula is C11H14Cl3NO2. The molecule has 1 atom stereocenters. The van der Waals surface area contributed by atoms with Crippen molar-refractivity contribution in [1.82, 2.24) is 0 Å². The molecule has 0 saturated carbocycles. The molecule has 0 bridgehead atoms. The maximum Gasteiger partial charge on any atom is 0.306 e. The van der Waals surface area contributed by atoms with Gasteiger partial charge in [-0.3, -0.25) is 4.79 Å². The Bertz CT molecular complexity index is 373. The van der Waals surface area contributed by atoms with Gasteiger partial charge in [-0.15, -0.1) is 0 Å². The summed E-state index contributed by atoms with van der Waals surface area (Å²) in [5.74, 6) is -0.887. The minimum absolute atomic E-state index is 0.181. The summed E-state index contributed by atoms with van der Waals surface area (Å²) in [5.41, 5.74) is 5.80. The van der Waals surface area contributed by atoms with Gasteiger partial charge in [-0.2, -0.15) is 0 Å². The predicted octanol–water partition coefficient (Wildman–Crippen LogP) is 4.35. The highest BCUT2D eigenvalue weighted by molar-refractivity contribution is 6.41. The van der Waals surface area contributed by atoms with Crippen LogP contribution in [-0.4, -0.2) is 11.1 Å². The predicted molar refractivity (Wildman–Crippen MR) is 73.0 cm³/mol. The Morgan fingerprint density at radius 2 is 1.76 bits per heavy atom. The molecule has 3 nitrogen and oxygen atoms in total. The molecule has 6 heteroatoms. The molecule has 0 aromatic heterocycles. The number of halogens is 3. The van der Waals surface area contributed by atoms with Crippen molar-refractivity contribution in [2.75, 3.05) is 5.73 Å². The molecule has 1 unspecified atom stereocenters. The summed E-state index contributed by atoms with van der Waals surface area (Å²) in [7, 11) is 0. The number of benzene rings is 1. The Hall–Kier alpha value is -0.640. The smallest absolute Gasteiger partial charge is 0.306 e. The Labute approximate surface area is 115 Å². The normalized spacial score (nSPS) is 11.4. The highest BCUT2D eigenvalue weighted by Gasteiger charge is 2.05. The molecule has 96 valence electrons. The van der Waals surface area contributed by atoms with Crippen molar-refractivity contribution < 1.29 is 9.90 Å². The summed E-state index contributed by atoms with van der Waals surface area (Å²) in [6.45, 7) is 3.56. The van der Waals surface area contributed by atoms with Gasteiger partial charge in [0.05, 0.1) is 21.7 Å². The van der Waals surface area contributed by atoms with E-state index in [1.54, 1.807) is 19.1 Å². The average Bonchev–Trinajstić information content (AvgIpc) is 2.25. The van der Waals surface area contributed by atoms with Crippen molar-refractivity contribution >= 4 is 46.5 Å². The molecule has 0 fully saturated rings. The van der Waals surface area contributed by atoms with Crippen molar-refractivity contribution in [3.8, 4) is 0 Å². The molecule has 0 aliphatic heterocycles. The third kappa shape index (κ3) is 6.01. The third-order valence-electron chi connectivity index (χ3n) is 2.08. The van der Waals surface area contributed by atoms with Crippen LogP contribution in [0.5, 0.6) is 0 Å². The first-order chi connectivity index (χ1) is 7.79. The zero-order valence-electron chi connectivity index (χ0n) is 9.51. The number of carbonyl (C=O) groups is 1. The Morgan fingerprint density at radius 3 is 2.00 bits per heavy atom. The summed E-state index contributed by atoms with van der Waals surface area (Å²) in [4.78, 5) is 9.93. The van der Waals surface area contributed by atoms with E-state index in [4.69, 9.17) is 45.6 Å². The fraction of sp³-hybridized carbons (Fsp3) is 0.364. The SMILES string of the molecule is CCC(C)C(=O)O.Nc1c(Cl)cc(Cl)cc1Cl. The lowest BCUT2D eigenvalue weighted by Gasteiger charge is -1.99. The van der Waals surface area contributed by atoms with Gasteiger partial charge in [0, 0.05) is 5.02 Å². The van der Waals surface area contributed by atoms with Crippen LogP contribution in [0, 0.1) is 5.92 Å². The number of nitrogens with two attached hydrogens (primary N) is 1. The molecule has 0 spiro atoms. The second-order valence-electron chi connectivity index (χ2n) is 3.43. The zero-order chi connectivity index (χ0) is 13.6. The fourth-order valence-corrected chi connectivity index (χ4v) is 1.54. The largest absolute Gasteiger partial charge is 0.481 e. The van der Waals surface area contributed by atoms with Crippen LogP contribution in [0.4, 0.5) is 5.69 Å². The van der Waals surface area contributed by atoms with Crippen molar-refractivity contribution in [2.45, 2.75) is 20.3 Å². The van der Waals surface area contributed by atoms with Gasteiger partial charge in [0.15, 0.2) is 0 Å². The van der Waals surface area contributed by atoms with E-state index in [1.165, 1.54) is 0 Å². The lowest BCUT2D eigenvalue weighted by Crippen LogP contribution is -2.06. The number of aliphatic carboxylic acids is 1. The van der Waals surface area contributed by atoms with Gasteiger partial charge < -0.3 is 10.8 Å². The second kappa shape index (κ2) is 7.64. The number of hydrogen-bond donors (Lipinski definition) is 2. The summed E-state index contributed by atoms with van der Waals surface area (Å²) in [5, 5.41) is 9.45. The summed E-state index contributed by atoms with van der Waals surface area (Å²) < 4.78 is 0. The van der Waals surface area contributed by atoms with E-state index < -0.39 is 5.97 Å². The first-order valence-corrected chi connectivity index (χ1v) is 6.05. The van der Waals surface area contributed by atoms with Gasteiger partial charge in [-0.05, 0) is 18.6 Å². The summed E-state index contributed by atoms with van der Waals surface area (Å²) in [6, 6.07) is 3.09. The maximum atomic E-state index is 9.93. The standard InChI is InChI=1S/C6H4Cl3N.C5H10O2/c7-3-1-4(8)6(10)5(9)2-3;1-3-4(2)5(6)7/h1-2H,10H2;4H,3H2,1-2H3,(H,6,7). The van der Waals surface area contributed by atoms with Crippen LogP contribution in [0.25, 0.3) is 0 Å². The van der Waals surface area contributed by atoms with Crippen molar-refractivity contribution in [2.24, 2.45) is 5.92 Å². The highest BCUT2D eigenvalue weighted by atomic mass is 35.5. The van der Waals surface area contributed by atoms with E-state index in [9.17, 15) is 4.79 Å². The van der Waals surface area contributed by atoms with Gasteiger partial charge in [-0.1, -0.05) is 48.7 Å². The molecule has 0 aliphatic carbocycles. The minimum atomic E-state index is -0.706. The molecule has 0 aliphatic rings. The zero-order valence-corrected chi connectivity index (χ0v) is 11.8. The van der Waals surface area contributed by atoms with Gasteiger partial charge >= 0.3 is 5.97 Å². The van der Waals surface area contributed by atoms with E-state index in [0.717, 1.165) is 6.42 Å². The lowest BCUT2D eigenvalue weighted by atomic mass is 10.1. The van der Waals surface area contributed by atoms with Crippen LogP contribution in [-0.2, 0) is 4.79 Å². The number of carboxylic acids is 1. The topological polar surface area (TPSA) is 63.3 Å². The van der Waals surface area contributed by atoms with E-state index in [2.05, 4.69) is 0 Å². The minimum Gasteiger partial charge on any atom is -0.481 e. The average molecular weight is 299 g/mol. The number of anilines is 1. The molecule has 0 radical (unpaired) electrons. The van der Waals surface area contributed by atoms with Gasteiger partial charge in [0.25, 0.3) is 0 Å². The van der Waals surface area contributed by atoms with Crippen LogP contribution < -0.4 is 5.73 Å². The van der Waals surface area contributed by atoms with E-state index in [1.807, 2.05) is 6.92 Å². The van der Waals surface area contributed by atoms with Crippen LogP contribution >= 0.6 is 34.8 Å². The highest BCUT2D eigenvalue weighted by Crippen LogP contribution is 2.30. The fourth-order valence-electron chi connectivity index (χ4n) is 0.728. The van der Waals surface area contributed by atoms with Crippen LogP contribution in [0.1, 0.15) is 20.3 Å². The number of hydrogen-bond acceptors (Lipinski definition) is 2. The molecule has 1 aromatic rings. The van der Waals surface area contributed by atoms with Crippen LogP contribution in [0.3, 0.4) is 0 Å². The van der Waals surface area contributed by atoms with Gasteiger partial charge in [-0.25, -0.2) is 0 Å². The molecule has 17 heavy (non-hydrogen) atoms. The molecule has 3 N–H and O–H groups in total. The van der Waals surface area contributed by atoms with E-state index >= 15 is 0 Å². The van der Waals surface area contributed by atoms with Gasteiger partial charge in [0.2, 0.25) is 0 Å². The molecular weight excluding hydrogens is 284 g/mol. The molecule has 0 heterocycles. The van der Waals surface area contributed by atoms with E-state index in [0.29, 0.717) is 20.8 Å². The summed E-state index contributed by atoms with van der Waals surface area (Å²) >= 11 is 16.8. The Balaban J connectivity index is 0.000000325. The van der Waals surface area contributed by atoms with Crippen LogP contribution in [0.15, 0.2) is 12.1 Å². The quantitative estimate of drug-likeness (QED) is 0.798. The van der Waals surface area contributed by atoms with Crippen molar-refractivity contribution in [3.63, 3.8) is 0 Å². The molecule has 0 amide bonds. The van der Waals surface area contributed by atoms with Crippen molar-refractivity contribution in [1.29, 1.82) is 0 Å². The first-order valence-electron chi connectivity index (χ1n) is 4.92. The van der Waals surface area contributed by atoms with Gasteiger partial charge in [0.1, 0.15) is 0 Å². The molecule has 1 aromatic carbocycles. The second-order valence-corrected chi connectivity index (χ2v) is 4.68. The number of carboxylic acid groups (broad SMARTS) is 1. The molecule has 0 saturated heterocycles. The Kier molecular flexibility index (Phi) is 7.35. The number of nitrogen functional groups attached to an aromatic ring is 1. The monoisotopic (exact) mass is 297 g/mol. The Morgan fingerprint density at radius 1 is 1.35 bits per heavy atom. The van der Waals surface area contributed by atoms with E-state index in [-0.39, 0.29) is 5.92 Å². The lowest BCUT2D eigenvalue weighted by molar-refractivity contribution is -0.141. The third-order valence-corrected chi connectivity index (χ3v) is 2.92. The first kappa shape index (κ1) is 16.4. The summed E-state index contributed by atoms with van der Waals surface area (Å²) in [6.07, 6.45) is 0.718. The number of rotatable bonds is 2. The molecule has 1 rings (SSSR count). The van der Waals surface area contributed by atoms with Crippen LogP contribution in [0.2, 0.25) is 15.1 Å². The maximum absolute atomic E-state index is 9.93.